The molecule has 4 N–H and O–H groups in total. The van der Waals surface area contributed by atoms with Gasteiger partial charge in [0, 0.05) is 18.8 Å². The van der Waals surface area contributed by atoms with Gasteiger partial charge in [-0.15, -0.1) is 0 Å². The first kappa shape index (κ1) is 14.8. The summed E-state index contributed by atoms with van der Waals surface area (Å²) in [5.74, 6) is -1.77. The van der Waals surface area contributed by atoms with Crippen molar-refractivity contribution in [2.24, 2.45) is 11.7 Å². The van der Waals surface area contributed by atoms with E-state index in [0.717, 1.165) is 0 Å². The Labute approximate surface area is 121 Å². The van der Waals surface area contributed by atoms with Crippen molar-refractivity contribution in [2.75, 3.05) is 18.4 Å². The fourth-order valence-electron chi connectivity index (χ4n) is 2.31. The van der Waals surface area contributed by atoms with E-state index in [0.29, 0.717) is 30.8 Å². The number of hydrogen-bond acceptors (Lipinski definition) is 3. The molecule has 3 amide bonds. The van der Waals surface area contributed by atoms with Gasteiger partial charge in [0.1, 0.15) is 0 Å². The summed E-state index contributed by atoms with van der Waals surface area (Å²) in [5.41, 5.74) is 6.39. The lowest BCUT2D eigenvalue weighted by atomic mass is 10.1. The topological polar surface area (TPSA) is 113 Å². The van der Waals surface area contributed by atoms with Gasteiger partial charge < -0.3 is 21.1 Å². The third kappa shape index (κ3) is 3.31. The second-order valence-electron chi connectivity index (χ2n) is 5.10. The quantitative estimate of drug-likeness (QED) is 0.772. The number of carboxylic acid groups (broad SMARTS) is 1. The minimum Gasteiger partial charge on any atom is -0.478 e. The molecule has 112 valence electrons. The first-order valence-corrected chi connectivity index (χ1v) is 6.57. The number of carbonyl (C=O) groups is 3. The van der Waals surface area contributed by atoms with Crippen molar-refractivity contribution >= 4 is 23.6 Å². The highest BCUT2D eigenvalue weighted by Gasteiger charge is 2.29. The molecule has 1 aliphatic heterocycles. The molecule has 1 saturated heterocycles. The van der Waals surface area contributed by atoms with Gasteiger partial charge in [-0.3, -0.25) is 4.79 Å². The number of carboxylic acids is 1. The number of carbonyl (C=O) groups excluding carboxylic acids is 2. The molecule has 7 heteroatoms. The van der Waals surface area contributed by atoms with Gasteiger partial charge in [0.2, 0.25) is 5.91 Å². The molecule has 0 spiro atoms. The zero-order valence-electron chi connectivity index (χ0n) is 11.6. The molecule has 0 bridgehead atoms. The van der Waals surface area contributed by atoms with E-state index >= 15 is 0 Å². The number of benzene rings is 1. The number of aryl methyl sites for hydroxylation is 1. The van der Waals surface area contributed by atoms with Crippen LogP contribution in [0.25, 0.3) is 0 Å². The van der Waals surface area contributed by atoms with E-state index in [1.54, 1.807) is 19.1 Å². The first-order valence-electron chi connectivity index (χ1n) is 6.57. The summed E-state index contributed by atoms with van der Waals surface area (Å²) in [6.45, 7) is 2.43. The van der Waals surface area contributed by atoms with Crippen LogP contribution in [0.5, 0.6) is 0 Å². The molecular formula is C14H17N3O4. The van der Waals surface area contributed by atoms with Crippen molar-refractivity contribution < 1.29 is 19.5 Å². The van der Waals surface area contributed by atoms with Crippen LogP contribution < -0.4 is 11.1 Å². The van der Waals surface area contributed by atoms with E-state index in [4.69, 9.17) is 10.8 Å². The molecule has 1 atom stereocenters. The van der Waals surface area contributed by atoms with Crippen LogP contribution in [0.2, 0.25) is 0 Å². The fraction of sp³-hybridized carbons (Fsp3) is 0.357. The lowest BCUT2D eigenvalue weighted by molar-refractivity contribution is -0.121. The van der Waals surface area contributed by atoms with E-state index in [1.165, 1.54) is 11.0 Å². The highest BCUT2D eigenvalue weighted by molar-refractivity contribution is 5.94. The normalized spacial score (nSPS) is 17.6. The van der Waals surface area contributed by atoms with Gasteiger partial charge in [-0.25, -0.2) is 9.59 Å². The second-order valence-corrected chi connectivity index (χ2v) is 5.10. The predicted octanol–water partition coefficient (Wildman–Crippen LogP) is 1.03. The number of amides is 3. The zero-order chi connectivity index (χ0) is 15.6. The summed E-state index contributed by atoms with van der Waals surface area (Å²) in [6, 6.07) is 4.33. The van der Waals surface area contributed by atoms with Gasteiger partial charge in [-0.1, -0.05) is 6.07 Å². The number of primary amides is 1. The van der Waals surface area contributed by atoms with Crippen LogP contribution in [0.4, 0.5) is 10.5 Å². The van der Waals surface area contributed by atoms with Gasteiger partial charge >= 0.3 is 12.0 Å². The summed E-state index contributed by atoms with van der Waals surface area (Å²) in [7, 11) is 0. The number of aromatic carboxylic acids is 1. The number of likely N-dealkylation sites (tertiary alicyclic amines) is 1. The maximum absolute atomic E-state index is 12.1. The van der Waals surface area contributed by atoms with Gasteiger partial charge in [0.15, 0.2) is 0 Å². The molecule has 1 heterocycles. The lowest BCUT2D eigenvalue weighted by Crippen LogP contribution is -2.34. The Kier molecular flexibility index (Phi) is 4.11. The highest BCUT2D eigenvalue weighted by atomic mass is 16.4. The number of hydrogen-bond donors (Lipinski definition) is 3. The number of nitrogens with one attached hydrogen (secondary N) is 1. The molecule has 1 fully saturated rings. The Morgan fingerprint density at radius 3 is 2.67 bits per heavy atom. The molecule has 1 aromatic rings. The number of rotatable bonds is 3. The summed E-state index contributed by atoms with van der Waals surface area (Å²) in [6.07, 6.45) is 0.553. The van der Waals surface area contributed by atoms with E-state index < -0.39 is 11.9 Å². The molecule has 1 unspecified atom stereocenters. The smallest absolute Gasteiger partial charge is 0.336 e. The molecule has 0 radical (unpaired) electrons. The molecule has 1 aliphatic rings. The van der Waals surface area contributed by atoms with E-state index in [2.05, 4.69) is 5.32 Å². The molecule has 0 aliphatic carbocycles. The Hall–Kier alpha value is -2.57. The van der Waals surface area contributed by atoms with Crippen LogP contribution in [-0.2, 0) is 4.79 Å². The van der Waals surface area contributed by atoms with E-state index in [1.807, 2.05) is 0 Å². The number of urea groups is 1. The Morgan fingerprint density at radius 2 is 2.10 bits per heavy atom. The number of anilines is 1. The maximum atomic E-state index is 12.1. The van der Waals surface area contributed by atoms with Crippen molar-refractivity contribution in [2.45, 2.75) is 13.3 Å². The largest absolute Gasteiger partial charge is 0.478 e. The molecule has 0 aromatic heterocycles. The molecule has 1 aromatic carbocycles. The fourth-order valence-corrected chi connectivity index (χ4v) is 2.31. The summed E-state index contributed by atoms with van der Waals surface area (Å²) < 4.78 is 0. The van der Waals surface area contributed by atoms with Gasteiger partial charge in [-0.05, 0) is 31.0 Å². The van der Waals surface area contributed by atoms with E-state index in [-0.39, 0.29) is 17.5 Å². The zero-order valence-corrected chi connectivity index (χ0v) is 11.6. The summed E-state index contributed by atoms with van der Waals surface area (Å²) in [4.78, 5) is 35.7. The van der Waals surface area contributed by atoms with Gasteiger partial charge in [0.05, 0.1) is 11.5 Å². The third-order valence-electron chi connectivity index (χ3n) is 3.60. The van der Waals surface area contributed by atoms with Crippen molar-refractivity contribution in [3.63, 3.8) is 0 Å². The van der Waals surface area contributed by atoms with Crippen molar-refractivity contribution in [1.29, 1.82) is 0 Å². The molecule has 21 heavy (non-hydrogen) atoms. The van der Waals surface area contributed by atoms with Crippen molar-refractivity contribution in [3.8, 4) is 0 Å². The van der Waals surface area contributed by atoms with Gasteiger partial charge in [-0.2, -0.15) is 0 Å². The summed E-state index contributed by atoms with van der Waals surface area (Å²) >= 11 is 0. The van der Waals surface area contributed by atoms with Crippen LogP contribution in [-0.4, -0.2) is 41.0 Å². The molecule has 7 nitrogen and oxygen atoms in total. The highest BCUT2D eigenvalue weighted by Crippen LogP contribution is 2.19. The van der Waals surface area contributed by atoms with Crippen LogP contribution in [0, 0.1) is 12.8 Å². The Morgan fingerprint density at radius 1 is 1.38 bits per heavy atom. The average Bonchev–Trinajstić information content (AvgIpc) is 2.90. The lowest BCUT2D eigenvalue weighted by Gasteiger charge is -2.17. The van der Waals surface area contributed by atoms with Gasteiger partial charge in [0.25, 0.3) is 0 Å². The van der Waals surface area contributed by atoms with Crippen LogP contribution >= 0.6 is 0 Å². The first-order chi connectivity index (χ1) is 9.88. The molecule has 0 saturated carbocycles. The minimum absolute atomic E-state index is 0.143. The third-order valence-corrected chi connectivity index (χ3v) is 3.60. The summed E-state index contributed by atoms with van der Waals surface area (Å²) in [5, 5.41) is 11.7. The Bertz CT molecular complexity index is 600. The standard InChI is InChI=1S/C14H17N3O4/c1-8-2-3-10(6-11(8)13(19)20)16-14(21)17-5-4-9(7-17)12(15)18/h2-3,6,9H,4-5,7H2,1H3,(H2,15,18)(H,16,21)(H,19,20). The molecular weight excluding hydrogens is 274 g/mol. The van der Waals surface area contributed by atoms with Crippen molar-refractivity contribution in [3.05, 3.63) is 29.3 Å². The number of nitrogens with zero attached hydrogens (tertiary/aromatic N) is 1. The van der Waals surface area contributed by atoms with Crippen molar-refractivity contribution in [1.82, 2.24) is 4.90 Å². The SMILES string of the molecule is Cc1ccc(NC(=O)N2CCC(C(N)=O)C2)cc1C(=O)O. The monoisotopic (exact) mass is 291 g/mol. The second kappa shape index (κ2) is 5.82. The van der Waals surface area contributed by atoms with E-state index in [9.17, 15) is 14.4 Å². The number of nitrogens with two attached hydrogens (primary N) is 1. The van der Waals surface area contributed by atoms with Crippen LogP contribution in [0.3, 0.4) is 0 Å². The van der Waals surface area contributed by atoms with Crippen LogP contribution in [0.15, 0.2) is 18.2 Å². The molecule has 2 rings (SSSR count). The predicted molar refractivity (Wildman–Crippen MR) is 76.0 cm³/mol. The Balaban J connectivity index is 2.05. The maximum Gasteiger partial charge on any atom is 0.336 e. The van der Waals surface area contributed by atoms with Crippen LogP contribution in [0.1, 0.15) is 22.3 Å². The average molecular weight is 291 g/mol. The minimum atomic E-state index is -1.04.